The first-order chi connectivity index (χ1) is 18.1. The number of rotatable bonds is 7. The van der Waals surface area contributed by atoms with Crippen LogP contribution in [0.3, 0.4) is 0 Å². The molecule has 1 unspecified atom stereocenters. The number of hydrogen-bond donors (Lipinski definition) is 2. The molecule has 38 heavy (non-hydrogen) atoms. The molecule has 4 rings (SSSR count). The van der Waals surface area contributed by atoms with Gasteiger partial charge in [-0.05, 0) is 61.0 Å². The number of nitrogens with one attached hydrogen (secondary N) is 2. The van der Waals surface area contributed by atoms with E-state index in [1.54, 1.807) is 66.7 Å². The van der Waals surface area contributed by atoms with Gasteiger partial charge in [0.25, 0.3) is 5.91 Å². The Morgan fingerprint density at radius 1 is 0.842 bits per heavy atom. The van der Waals surface area contributed by atoms with Gasteiger partial charge in [-0.3, -0.25) is 9.59 Å². The molecule has 9 heteroatoms. The second-order valence-corrected chi connectivity index (χ2v) is 10.0. The summed E-state index contributed by atoms with van der Waals surface area (Å²) in [6.07, 6.45) is -4.58. The molecule has 194 valence electrons. The van der Waals surface area contributed by atoms with E-state index in [0.717, 1.165) is 23.8 Å². The average Bonchev–Trinajstić information content (AvgIpc) is 2.89. The van der Waals surface area contributed by atoms with Crippen molar-refractivity contribution in [2.24, 2.45) is 0 Å². The molecule has 0 saturated carbocycles. The molecule has 4 nitrogen and oxygen atoms in total. The number of amides is 2. The zero-order chi connectivity index (χ0) is 27.3. The maximum absolute atomic E-state index is 13.4. The van der Waals surface area contributed by atoms with Crippen LogP contribution in [0.1, 0.15) is 32.3 Å². The van der Waals surface area contributed by atoms with Crippen molar-refractivity contribution in [3.8, 4) is 0 Å². The molecule has 2 N–H and O–H groups in total. The van der Waals surface area contributed by atoms with Crippen molar-refractivity contribution < 1.29 is 22.8 Å². The molecule has 0 saturated heterocycles. The molecular formula is C29H22ClF3N2O2S. The molecule has 0 bridgehead atoms. The van der Waals surface area contributed by atoms with E-state index in [0.29, 0.717) is 21.7 Å². The Hall–Kier alpha value is -3.75. The lowest BCUT2D eigenvalue weighted by atomic mass is 10.1. The third-order valence-corrected chi connectivity index (χ3v) is 7.13. The Kier molecular flexibility index (Phi) is 8.44. The van der Waals surface area contributed by atoms with E-state index >= 15 is 0 Å². The van der Waals surface area contributed by atoms with Crippen molar-refractivity contribution in [3.05, 3.63) is 124 Å². The monoisotopic (exact) mass is 554 g/mol. The quantitative estimate of drug-likeness (QED) is 0.226. The van der Waals surface area contributed by atoms with Crippen LogP contribution in [0.15, 0.2) is 102 Å². The Morgan fingerprint density at radius 3 is 2.24 bits per heavy atom. The topological polar surface area (TPSA) is 58.2 Å². The molecule has 0 aliphatic carbocycles. The third kappa shape index (κ3) is 6.96. The van der Waals surface area contributed by atoms with Gasteiger partial charge in [-0.2, -0.15) is 13.2 Å². The summed E-state index contributed by atoms with van der Waals surface area (Å²) in [6.45, 7) is 1.93. The third-order valence-electron chi connectivity index (χ3n) is 5.55. The number of hydrogen-bond acceptors (Lipinski definition) is 3. The van der Waals surface area contributed by atoms with Crippen LogP contribution >= 0.6 is 23.4 Å². The van der Waals surface area contributed by atoms with E-state index in [2.05, 4.69) is 10.6 Å². The summed E-state index contributed by atoms with van der Waals surface area (Å²) in [4.78, 5) is 26.7. The van der Waals surface area contributed by atoms with Crippen LogP contribution in [0.4, 0.5) is 24.5 Å². The van der Waals surface area contributed by atoms with Crippen LogP contribution in [0.2, 0.25) is 5.02 Å². The highest BCUT2D eigenvalue weighted by Crippen LogP contribution is 2.39. The van der Waals surface area contributed by atoms with Gasteiger partial charge >= 0.3 is 6.18 Å². The highest BCUT2D eigenvalue weighted by atomic mass is 35.5. The zero-order valence-electron chi connectivity index (χ0n) is 20.1. The van der Waals surface area contributed by atoms with Gasteiger partial charge in [0.05, 0.1) is 16.3 Å². The predicted molar refractivity (Wildman–Crippen MR) is 146 cm³/mol. The summed E-state index contributed by atoms with van der Waals surface area (Å²) in [6, 6.07) is 25.8. The SMILES string of the molecule is Cc1ccc(C(=O)Nc2cccc(SC(C(=O)Nc3cc(C(F)(F)F)ccc3Cl)c3ccccc3)c2)cc1. The minimum atomic E-state index is -4.58. The molecule has 0 spiro atoms. The number of aryl methyl sites for hydroxylation is 1. The van der Waals surface area contributed by atoms with Crippen LogP contribution in [0, 0.1) is 6.92 Å². The number of halogens is 4. The average molecular weight is 555 g/mol. The molecule has 1 atom stereocenters. The molecule has 2 amide bonds. The summed E-state index contributed by atoms with van der Waals surface area (Å²) in [5.74, 6) is -0.819. The molecule has 0 heterocycles. The van der Waals surface area contributed by atoms with Gasteiger partial charge in [-0.25, -0.2) is 0 Å². The van der Waals surface area contributed by atoms with Crippen LogP contribution in [0.5, 0.6) is 0 Å². The second-order valence-electron chi connectivity index (χ2n) is 8.44. The van der Waals surface area contributed by atoms with E-state index in [9.17, 15) is 22.8 Å². The van der Waals surface area contributed by atoms with Crippen molar-refractivity contribution >= 4 is 46.6 Å². The molecule has 0 aliphatic rings. The van der Waals surface area contributed by atoms with Crippen LogP contribution < -0.4 is 10.6 Å². The highest BCUT2D eigenvalue weighted by molar-refractivity contribution is 8.00. The highest BCUT2D eigenvalue weighted by Gasteiger charge is 2.31. The maximum atomic E-state index is 13.4. The predicted octanol–water partition coefficient (Wildman–Crippen LogP) is 8.39. The van der Waals surface area contributed by atoms with Crippen LogP contribution in [-0.4, -0.2) is 11.8 Å². The molecule has 0 fully saturated rings. The summed E-state index contributed by atoms with van der Waals surface area (Å²) >= 11 is 7.30. The first kappa shape index (κ1) is 27.3. The Labute approximate surface area is 227 Å². The largest absolute Gasteiger partial charge is 0.416 e. The second kappa shape index (κ2) is 11.8. The van der Waals surface area contributed by atoms with E-state index in [-0.39, 0.29) is 16.6 Å². The van der Waals surface area contributed by atoms with Crippen LogP contribution in [-0.2, 0) is 11.0 Å². The van der Waals surface area contributed by atoms with Crippen molar-refractivity contribution in [2.75, 3.05) is 10.6 Å². The fourth-order valence-electron chi connectivity index (χ4n) is 3.59. The number of benzene rings is 4. The Balaban J connectivity index is 1.57. The molecule has 4 aromatic rings. The first-order valence-corrected chi connectivity index (χ1v) is 12.7. The van der Waals surface area contributed by atoms with Gasteiger partial charge < -0.3 is 10.6 Å². The molecule has 4 aromatic carbocycles. The van der Waals surface area contributed by atoms with Gasteiger partial charge in [0.1, 0.15) is 5.25 Å². The van der Waals surface area contributed by atoms with Crippen molar-refractivity contribution in [2.45, 2.75) is 23.2 Å². The fourth-order valence-corrected chi connectivity index (χ4v) is 4.84. The number of alkyl halides is 3. The lowest BCUT2D eigenvalue weighted by Crippen LogP contribution is -2.20. The van der Waals surface area contributed by atoms with Gasteiger partial charge in [-0.1, -0.05) is 65.7 Å². The summed E-state index contributed by atoms with van der Waals surface area (Å²) in [5, 5.41) is 4.58. The van der Waals surface area contributed by atoms with Gasteiger partial charge in [-0.15, -0.1) is 11.8 Å². The van der Waals surface area contributed by atoms with E-state index in [1.165, 1.54) is 11.8 Å². The van der Waals surface area contributed by atoms with E-state index in [4.69, 9.17) is 11.6 Å². The molecule has 0 aliphatic heterocycles. The lowest BCUT2D eigenvalue weighted by molar-refractivity contribution is -0.137. The minimum absolute atomic E-state index is 0.0102. The maximum Gasteiger partial charge on any atom is 0.416 e. The number of carbonyl (C=O) groups is 2. The number of anilines is 2. The Bertz CT molecular complexity index is 1440. The molecule has 0 radical (unpaired) electrons. The van der Waals surface area contributed by atoms with Crippen molar-refractivity contribution in [3.63, 3.8) is 0 Å². The normalized spacial score (nSPS) is 12.0. The van der Waals surface area contributed by atoms with Gasteiger partial charge in [0.2, 0.25) is 5.91 Å². The van der Waals surface area contributed by atoms with Crippen molar-refractivity contribution in [1.82, 2.24) is 0 Å². The zero-order valence-corrected chi connectivity index (χ0v) is 21.6. The summed E-state index contributed by atoms with van der Waals surface area (Å²) < 4.78 is 39.6. The number of carbonyl (C=O) groups excluding carboxylic acids is 2. The lowest BCUT2D eigenvalue weighted by Gasteiger charge is -2.19. The summed E-state index contributed by atoms with van der Waals surface area (Å²) in [5.41, 5.74) is 1.68. The van der Waals surface area contributed by atoms with E-state index in [1.807, 2.05) is 19.1 Å². The van der Waals surface area contributed by atoms with Crippen LogP contribution in [0.25, 0.3) is 0 Å². The minimum Gasteiger partial charge on any atom is -0.323 e. The molecule has 0 aromatic heterocycles. The standard InChI is InChI=1S/C29H22ClF3N2O2S/c1-18-10-12-20(13-11-18)27(36)34-22-8-5-9-23(17-22)38-26(19-6-3-2-4-7-19)28(37)35-25-16-21(29(31,32)33)14-15-24(25)30/h2-17,26H,1H3,(H,34,36)(H,35,37). The fraction of sp³-hybridized carbons (Fsp3) is 0.103. The van der Waals surface area contributed by atoms with Gasteiger partial charge in [0.15, 0.2) is 0 Å². The first-order valence-electron chi connectivity index (χ1n) is 11.5. The smallest absolute Gasteiger partial charge is 0.323 e. The summed E-state index contributed by atoms with van der Waals surface area (Å²) in [7, 11) is 0. The van der Waals surface area contributed by atoms with Crippen molar-refractivity contribution in [1.29, 1.82) is 0 Å². The van der Waals surface area contributed by atoms with Gasteiger partial charge in [0, 0.05) is 16.1 Å². The van der Waals surface area contributed by atoms with E-state index < -0.39 is 22.9 Å². The Morgan fingerprint density at radius 2 is 1.55 bits per heavy atom. The number of thioether (sulfide) groups is 1. The molecular weight excluding hydrogens is 533 g/mol.